The molecule has 0 aliphatic carbocycles. The molecule has 1 heterocycles. The molecule has 0 bridgehead atoms. The van der Waals surface area contributed by atoms with Gasteiger partial charge in [-0.25, -0.2) is 0 Å². The Morgan fingerprint density at radius 1 is 1.17 bits per heavy atom. The molecule has 1 unspecified atom stereocenters. The summed E-state index contributed by atoms with van der Waals surface area (Å²) in [5.74, 6) is 1.91. The minimum Gasteiger partial charge on any atom is -0.508 e. The van der Waals surface area contributed by atoms with E-state index in [4.69, 9.17) is 9.47 Å². The Morgan fingerprint density at radius 2 is 1.91 bits per heavy atom. The largest absolute Gasteiger partial charge is 0.508 e. The van der Waals surface area contributed by atoms with Gasteiger partial charge in [0.15, 0.2) is 11.5 Å². The van der Waals surface area contributed by atoms with Gasteiger partial charge in [-0.15, -0.1) is 11.8 Å². The van der Waals surface area contributed by atoms with Gasteiger partial charge in [-0.2, -0.15) is 0 Å². The van der Waals surface area contributed by atoms with Gasteiger partial charge in [0, 0.05) is 4.90 Å². The first-order valence-corrected chi connectivity index (χ1v) is 8.26. The van der Waals surface area contributed by atoms with E-state index in [1.54, 1.807) is 24.3 Å². The Balaban J connectivity index is 1.42. The first-order valence-electron chi connectivity index (χ1n) is 7.28. The van der Waals surface area contributed by atoms with Crippen molar-refractivity contribution in [1.82, 2.24) is 5.32 Å². The molecule has 2 N–H and O–H groups in total. The Kier molecular flexibility index (Phi) is 4.92. The number of phenolic OH excluding ortho intramolecular Hbond substituents is 1. The Morgan fingerprint density at radius 3 is 2.70 bits per heavy atom. The van der Waals surface area contributed by atoms with Gasteiger partial charge < -0.3 is 19.9 Å². The van der Waals surface area contributed by atoms with Crippen molar-refractivity contribution in [2.45, 2.75) is 11.0 Å². The number of carbonyl (C=O) groups is 1. The van der Waals surface area contributed by atoms with Crippen LogP contribution < -0.4 is 14.8 Å². The number of amides is 1. The summed E-state index contributed by atoms with van der Waals surface area (Å²) in [5.41, 5.74) is 0. The maximum absolute atomic E-state index is 11.9. The molecule has 2 aromatic rings. The highest BCUT2D eigenvalue weighted by Crippen LogP contribution is 2.30. The normalized spacial score (nSPS) is 15.9. The van der Waals surface area contributed by atoms with E-state index in [1.165, 1.54) is 11.8 Å². The highest BCUT2D eigenvalue weighted by atomic mass is 32.2. The van der Waals surface area contributed by atoms with E-state index in [1.807, 2.05) is 24.3 Å². The second kappa shape index (κ2) is 7.28. The summed E-state index contributed by atoms with van der Waals surface area (Å²) in [5, 5.41) is 12.1. The predicted molar refractivity (Wildman–Crippen MR) is 88.2 cm³/mol. The molecule has 0 fully saturated rings. The number of hydrogen-bond acceptors (Lipinski definition) is 5. The molecular formula is C17H17NO4S. The molecule has 0 spiro atoms. The Labute approximate surface area is 138 Å². The summed E-state index contributed by atoms with van der Waals surface area (Å²) in [6, 6.07) is 14.3. The van der Waals surface area contributed by atoms with Crippen molar-refractivity contribution in [2.24, 2.45) is 0 Å². The fourth-order valence-electron chi connectivity index (χ4n) is 2.13. The number of fused-ring (bicyclic) bond motifs is 1. The number of carbonyl (C=O) groups excluding carboxylic acids is 1. The van der Waals surface area contributed by atoms with Gasteiger partial charge in [0.2, 0.25) is 5.91 Å². The van der Waals surface area contributed by atoms with Gasteiger partial charge in [-0.1, -0.05) is 12.1 Å². The SMILES string of the molecule is O=C(CSc1ccc(O)cc1)NCC1COc2ccccc2O1. The summed E-state index contributed by atoms with van der Waals surface area (Å²) in [7, 11) is 0. The number of aromatic hydroxyl groups is 1. The quantitative estimate of drug-likeness (QED) is 0.824. The molecule has 1 aliphatic heterocycles. The van der Waals surface area contributed by atoms with E-state index in [0.717, 1.165) is 10.6 Å². The summed E-state index contributed by atoms with van der Waals surface area (Å²) >= 11 is 1.42. The molecule has 120 valence electrons. The van der Waals surface area contributed by atoms with Crippen molar-refractivity contribution in [3.05, 3.63) is 48.5 Å². The van der Waals surface area contributed by atoms with Crippen LogP contribution in [0, 0.1) is 0 Å². The van der Waals surface area contributed by atoms with E-state index >= 15 is 0 Å². The van der Waals surface area contributed by atoms with Crippen molar-refractivity contribution >= 4 is 17.7 Å². The van der Waals surface area contributed by atoms with Crippen LogP contribution in [0.3, 0.4) is 0 Å². The molecule has 0 saturated carbocycles. The average molecular weight is 331 g/mol. The van der Waals surface area contributed by atoms with Crippen LogP contribution in [0.2, 0.25) is 0 Å². The van der Waals surface area contributed by atoms with Gasteiger partial charge in [-0.3, -0.25) is 4.79 Å². The first-order chi connectivity index (χ1) is 11.2. The van der Waals surface area contributed by atoms with Gasteiger partial charge in [0.1, 0.15) is 18.5 Å². The molecule has 1 aliphatic rings. The van der Waals surface area contributed by atoms with Crippen LogP contribution in [0.5, 0.6) is 17.2 Å². The highest BCUT2D eigenvalue weighted by molar-refractivity contribution is 8.00. The summed E-state index contributed by atoms with van der Waals surface area (Å²) < 4.78 is 11.4. The number of hydrogen-bond donors (Lipinski definition) is 2. The second-order valence-corrected chi connectivity index (χ2v) is 6.13. The molecule has 23 heavy (non-hydrogen) atoms. The number of nitrogens with one attached hydrogen (secondary N) is 1. The van der Waals surface area contributed by atoms with Gasteiger partial charge >= 0.3 is 0 Å². The first kappa shape index (κ1) is 15.6. The molecule has 0 saturated heterocycles. The van der Waals surface area contributed by atoms with Crippen LogP contribution in [0.25, 0.3) is 0 Å². The molecule has 6 heteroatoms. The van der Waals surface area contributed by atoms with Gasteiger partial charge in [-0.05, 0) is 36.4 Å². The minimum atomic E-state index is -0.187. The second-order valence-electron chi connectivity index (χ2n) is 5.08. The van der Waals surface area contributed by atoms with E-state index in [0.29, 0.717) is 24.7 Å². The average Bonchev–Trinajstić information content (AvgIpc) is 2.59. The van der Waals surface area contributed by atoms with Gasteiger partial charge in [0.05, 0.1) is 12.3 Å². The van der Waals surface area contributed by atoms with Crippen LogP contribution >= 0.6 is 11.8 Å². The lowest BCUT2D eigenvalue weighted by atomic mass is 10.2. The fourth-order valence-corrected chi connectivity index (χ4v) is 2.86. The lowest BCUT2D eigenvalue weighted by Gasteiger charge is -2.26. The number of thioether (sulfide) groups is 1. The van der Waals surface area contributed by atoms with E-state index in [2.05, 4.69) is 5.32 Å². The van der Waals surface area contributed by atoms with Crippen molar-refractivity contribution < 1.29 is 19.4 Å². The maximum Gasteiger partial charge on any atom is 0.230 e. The van der Waals surface area contributed by atoms with Gasteiger partial charge in [0.25, 0.3) is 0 Å². The summed E-state index contributed by atoms with van der Waals surface area (Å²) in [6.07, 6.45) is -0.187. The van der Waals surface area contributed by atoms with Crippen LogP contribution in [-0.2, 0) is 4.79 Å². The molecule has 2 aromatic carbocycles. The topological polar surface area (TPSA) is 67.8 Å². The van der Waals surface area contributed by atoms with Crippen molar-refractivity contribution in [3.8, 4) is 17.2 Å². The third-order valence-electron chi connectivity index (χ3n) is 3.30. The zero-order valence-electron chi connectivity index (χ0n) is 12.4. The number of phenols is 1. The molecule has 3 rings (SSSR count). The van der Waals surface area contributed by atoms with Crippen molar-refractivity contribution in [2.75, 3.05) is 18.9 Å². The molecule has 5 nitrogen and oxygen atoms in total. The number of rotatable bonds is 5. The molecule has 1 amide bonds. The lowest BCUT2D eigenvalue weighted by molar-refractivity contribution is -0.119. The van der Waals surface area contributed by atoms with Crippen LogP contribution in [-0.4, -0.2) is 36.0 Å². The standard InChI is InChI=1S/C17H17NO4S/c19-12-5-7-14(8-6-12)23-11-17(20)18-9-13-10-21-15-3-1-2-4-16(15)22-13/h1-8,13,19H,9-11H2,(H,18,20). The van der Waals surface area contributed by atoms with E-state index in [-0.39, 0.29) is 17.8 Å². The minimum absolute atomic E-state index is 0.0643. The van der Waals surface area contributed by atoms with Crippen LogP contribution in [0.4, 0.5) is 0 Å². The summed E-state index contributed by atoms with van der Waals surface area (Å²) in [4.78, 5) is 12.8. The lowest BCUT2D eigenvalue weighted by Crippen LogP contribution is -2.41. The van der Waals surface area contributed by atoms with E-state index in [9.17, 15) is 9.90 Å². The smallest absolute Gasteiger partial charge is 0.230 e. The van der Waals surface area contributed by atoms with Crippen LogP contribution in [0.1, 0.15) is 0 Å². The molecule has 0 radical (unpaired) electrons. The Hall–Kier alpha value is -2.34. The monoisotopic (exact) mass is 331 g/mol. The molecule has 1 atom stereocenters. The fraction of sp³-hybridized carbons (Fsp3) is 0.235. The van der Waals surface area contributed by atoms with Crippen molar-refractivity contribution in [3.63, 3.8) is 0 Å². The highest BCUT2D eigenvalue weighted by Gasteiger charge is 2.20. The number of benzene rings is 2. The Bertz CT molecular complexity index is 675. The molecular weight excluding hydrogens is 314 g/mol. The van der Waals surface area contributed by atoms with Crippen LogP contribution in [0.15, 0.2) is 53.4 Å². The third kappa shape index (κ3) is 4.32. The summed E-state index contributed by atoms with van der Waals surface area (Å²) in [6.45, 7) is 0.825. The third-order valence-corrected chi connectivity index (χ3v) is 4.31. The number of ether oxygens (including phenoxy) is 2. The maximum atomic E-state index is 11.9. The zero-order chi connectivity index (χ0) is 16.1. The molecule has 0 aromatic heterocycles. The van der Waals surface area contributed by atoms with Crippen molar-refractivity contribution in [1.29, 1.82) is 0 Å². The zero-order valence-corrected chi connectivity index (χ0v) is 13.2. The predicted octanol–water partition coefficient (Wildman–Crippen LogP) is 2.44. The number of para-hydroxylation sites is 2. The van der Waals surface area contributed by atoms with E-state index < -0.39 is 0 Å².